The number of primary amides is 1. The predicted molar refractivity (Wildman–Crippen MR) is 44.7 cm³/mol. The molecule has 0 atom stereocenters. The van der Waals surface area contributed by atoms with Gasteiger partial charge in [-0.15, -0.1) is 0 Å². The number of carbonyl (C=O) groups is 1. The number of hydrogen-bond donors (Lipinski definition) is 2. The van der Waals surface area contributed by atoms with Crippen molar-refractivity contribution in [2.24, 2.45) is 5.73 Å². The second kappa shape index (κ2) is 3.35. The van der Waals surface area contributed by atoms with Crippen molar-refractivity contribution >= 4 is 16.0 Å². The van der Waals surface area contributed by atoms with Crippen LogP contribution in [-0.2, 0) is 10.1 Å². The fraction of sp³-hybridized carbons (Fsp3) is 0. The molecule has 3 N–H and O–H groups in total. The minimum Gasteiger partial charge on any atom is -0.366 e. The van der Waals surface area contributed by atoms with Crippen LogP contribution in [0.1, 0.15) is 10.4 Å². The monoisotopic (exact) mass is 219 g/mol. The van der Waals surface area contributed by atoms with Crippen molar-refractivity contribution in [2.75, 3.05) is 0 Å². The highest BCUT2D eigenvalue weighted by Gasteiger charge is 2.19. The van der Waals surface area contributed by atoms with Crippen molar-refractivity contribution in [2.45, 2.75) is 4.90 Å². The normalized spacial score (nSPS) is 11.3. The lowest BCUT2D eigenvalue weighted by Crippen LogP contribution is -2.16. The van der Waals surface area contributed by atoms with Gasteiger partial charge in [0.1, 0.15) is 10.7 Å². The van der Waals surface area contributed by atoms with Gasteiger partial charge in [0, 0.05) is 0 Å². The SMILES string of the molecule is NC(=O)c1ccc(F)cc1S(=O)(=O)O. The minimum atomic E-state index is -4.64. The van der Waals surface area contributed by atoms with E-state index < -0.39 is 32.3 Å². The fourth-order valence-corrected chi connectivity index (χ4v) is 1.62. The van der Waals surface area contributed by atoms with E-state index in [-0.39, 0.29) is 0 Å². The van der Waals surface area contributed by atoms with Crippen molar-refractivity contribution < 1.29 is 22.2 Å². The van der Waals surface area contributed by atoms with E-state index in [4.69, 9.17) is 10.3 Å². The molecule has 5 nitrogen and oxygen atoms in total. The zero-order valence-electron chi connectivity index (χ0n) is 6.77. The first-order valence-electron chi connectivity index (χ1n) is 3.39. The number of hydrogen-bond acceptors (Lipinski definition) is 3. The maximum Gasteiger partial charge on any atom is 0.295 e. The smallest absolute Gasteiger partial charge is 0.295 e. The van der Waals surface area contributed by atoms with Gasteiger partial charge in [-0.05, 0) is 18.2 Å². The number of carbonyl (C=O) groups excluding carboxylic acids is 1. The Bertz CT molecular complexity index is 482. The van der Waals surface area contributed by atoms with Crippen LogP contribution in [0, 0.1) is 5.82 Å². The van der Waals surface area contributed by atoms with E-state index >= 15 is 0 Å². The molecule has 0 aliphatic heterocycles. The standard InChI is InChI=1S/C7H6FNO4S/c8-4-1-2-5(7(9)10)6(3-4)14(11,12)13/h1-3H,(H2,9,10)(H,11,12,13). The van der Waals surface area contributed by atoms with Crippen LogP contribution in [-0.4, -0.2) is 18.9 Å². The lowest BCUT2D eigenvalue weighted by Gasteiger charge is -2.02. The molecule has 0 fully saturated rings. The Morgan fingerprint density at radius 1 is 1.43 bits per heavy atom. The van der Waals surface area contributed by atoms with Gasteiger partial charge in [-0.3, -0.25) is 9.35 Å². The molecule has 76 valence electrons. The molecule has 0 heterocycles. The zero-order valence-corrected chi connectivity index (χ0v) is 7.58. The molecule has 0 spiro atoms. The van der Waals surface area contributed by atoms with Gasteiger partial charge in [-0.1, -0.05) is 0 Å². The fourth-order valence-electron chi connectivity index (χ4n) is 0.913. The van der Waals surface area contributed by atoms with Crippen LogP contribution < -0.4 is 5.73 Å². The van der Waals surface area contributed by atoms with Gasteiger partial charge < -0.3 is 5.73 Å². The molecule has 0 unspecified atom stereocenters. The molecule has 1 aromatic rings. The third-order valence-corrected chi connectivity index (χ3v) is 2.38. The first kappa shape index (κ1) is 10.6. The van der Waals surface area contributed by atoms with Crippen LogP contribution in [0.4, 0.5) is 4.39 Å². The maximum absolute atomic E-state index is 12.6. The molecule has 1 aromatic carbocycles. The molecule has 1 amide bonds. The third kappa shape index (κ3) is 2.06. The van der Waals surface area contributed by atoms with Gasteiger partial charge in [0.05, 0.1) is 5.56 Å². The van der Waals surface area contributed by atoms with Gasteiger partial charge in [0.15, 0.2) is 0 Å². The van der Waals surface area contributed by atoms with Crippen LogP contribution in [0.25, 0.3) is 0 Å². The minimum absolute atomic E-state index is 0.450. The summed E-state index contributed by atoms with van der Waals surface area (Å²) in [5.74, 6) is -1.94. The van der Waals surface area contributed by atoms with E-state index in [0.717, 1.165) is 12.1 Å². The summed E-state index contributed by atoms with van der Waals surface area (Å²) in [7, 11) is -4.64. The van der Waals surface area contributed by atoms with Gasteiger partial charge in [0.2, 0.25) is 5.91 Å². The molecule has 14 heavy (non-hydrogen) atoms. The van der Waals surface area contributed by atoms with Crippen LogP contribution in [0.5, 0.6) is 0 Å². The third-order valence-electron chi connectivity index (χ3n) is 1.49. The van der Waals surface area contributed by atoms with Crippen molar-refractivity contribution in [1.29, 1.82) is 0 Å². The van der Waals surface area contributed by atoms with Crippen molar-refractivity contribution in [3.8, 4) is 0 Å². The molecule has 0 aromatic heterocycles. The highest BCUT2D eigenvalue weighted by molar-refractivity contribution is 7.86. The molecular weight excluding hydrogens is 213 g/mol. The molecule has 0 aliphatic carbocycles. The number of amides is 1. The van der Waals surface area contributed by atoms with Crippen LogP contribution in [0.3, 0.4) is 0 Å². The Hall–Kier alpha value is -1.47. The number of benzene rings is 1. The summed E-state index contributed by atoms with van der Waals surface area (Å²) in [6, 6.07) is 2.28. The van der Waals surface area contributed by atoms with E-state index in [1.165, 1.54) is 0 Å². The average Bonchev–Trinajstić information content (AvgIpc) is 2.01. The molecule has 0 radical (unpaired) electrons. The van der Waals surface area contributed by atoms with Crippen molar-refractivity contribution in [3.63, 3.8) is 0 Å². The van der Waals surface area contributed by atoms with Gasteiger partial charge in [-0.25, -0.2) is 4.39 Å². The van der Waals surface area contributed by atoms with Crippen molar-refractivity contribution in [1.82, 2.24) is 0 Å². The Morgan fingerprint density at radius 2 is 2.00 bits per heavy atom. The number of rotatable bonds is 2. The summed E-state index contributed by atoms with van der Waals surface area (Å²) >= 11 is 0. The topological polar surface area (TPSA) is 97.5 Å². The largest absolute Gasteiger partial charge is 0.366 e. The first-order chi connectivity index (χ1) is 6.32. The lowest BCUT2D eigenvalue weighted by atomic mass is 10.2. The van der Waals surface area contributed by atoms with Gasteiger partial charge in [0.25, 0.3) is 10.1 Å². The summed E-state index contributed by atoms with van der Waals surface area (Å²) < 4.78 is 42.6. The molecule has 0 bridgehead atoms. The van der Waals surface area contributed by atoms with Gasteiger partial charge >= 0.3 is 0 Å². The van der Waals surface area contributed by atoms with E-state index in [2.05, 4.69) is 0 Å². The summed E-state index contributed by atoms with van der Waals surface area (Å²) in [5.41, 5.74) is 4.37. The van der Waals surface area contributed by atoms with Crippen LogP contribution >= 0.6 is 0 Å². The summed E-state index contributed by atoms with van der Waals surface area (Å²) in [6.07, 6.45) is 0. The summed E-state index contributed by atoms with van der Waals surface area (Å²) in [5, 5.41) is 0. The predicted octanol–water partition coefficient (Wildman–Crippen LogP) is 0.171. The molecule has 1 rings (SSSR count). The highest BCUT2D eigenvalue weighted by atomic mass is 32.2. The van der Waals surface area contributed by atoms with E-state index in [1.54, 1.807) is 0 Å². The second-order valence-corrected chi connectivity index (χ2v) is 3.87. The second-order valence-electron chi connectivity index (χ2n) is 2.48. The summed E-state index contributed by atoms with van der Waals surface area (Å²) in [6.45, 7) is 0. The highest BCUT2D eigenvalue weighted by Crippen LogP contribution is 2.16. The number of halogens is 1. The first-order valence-corrected chi connectivity index (χ1v) is 4.83. The maximum atomic E-state index is 12.6. The zero-order chi connectivity index (χ0) is 10.9. The molecule has 0 saturated heterocycles. The lowest BCUT2D eigenvalue weighted by molar-refractivity contribution is 0.0996. The van der Waals surface area contributed by atoms with E-state index in [9.17, 15) is 17.6 Å². The summed E-state index contributed by atoms with van der Waals surface area (Å²) in [4.78, 5) is 9.88. The Labute approximate surface area is 79.1 Å². The van der Waals surface area contributed by atoms with E-state index in [1.807, 2.05) is 0 Å². The number of nitrogens with two attached hydrogens (primary N) is 1. The Kier molecular flexibility index (Phi) is 2.54. The van der Waals surface area contributed by atoms with E-state index in [0.29, 0.717) is 6.07 Å². The Balaban J connectivity index is 3.54. The molecular formula is C7H6FNO4S. The molecule has 7 heteroatoms. The van der Waals surface area contributed by atoms with Crippen LogP contribution in [0.15, 0.2) is 23.1 Å². The van der Waals surface area contributed by atoms with Crippen molar-refractivity contribution in [3.05, 3.63) is 29.6 Å². The average molecular weight is 219 g/mol. The Morgan fingerprint density at radius 3 is 2.43 bits per heavy atom. The molecule has 0 saturated carbocycles. The van der Waals surface area contributed by atoms with Crippen LogP contribution in [0.2, 0.25) is 0 Å². The molecule has 0 aliphatic rings. The quantitative estimate of drug-likeness (QED) is 0.693. The van der Waals surface area contributed by atoms with Gasteiger partial charge in [-0.2, -0.15) is 8.42 Å².